The molecule has 0 spiro atoms. The molecule has 0 aromatic rings. The van der Waals surface area contributed by atoms with E-state index < -0.39 is 11.9 Å². The summed E-state index contributed by atoms with van der Waals surface area (Å²) in [6.45, 7) is 8.11. The number of aliphatic carboxylic acids is 1. The van der Waals surface area contributed by atoms with Gasteiger partial charge in [-0.25, -0.2) is 4.79 Å². The Labute approximate surface area is 109 Å². The summed E-state index contributed by atoms with van der Waals surface area (Å²) >= 11 is 0. The Kier molecular flexibility index (Phi) is 8.16. The topological polar surface area (TPSA) is 78.4 Å². The SMILES string of the molecule is CCCC(C)NC(=O)NCC(CC(C)C)C(=O)O. The lowest BCUT2D eigenvalue weighted by Gasteiger charge is -2.17. The van der Waals surface area contributed by atoms with E-state index in [1.165, 1.54) is 0 Å². The van der Waals surface area contributed by atoms with E-state index in [0.717, 1.165) is 12.8 Å². The first-order valence-electron chi connectivity index (χ1n) is 6.63. The van der Waals surface area contributed by atoms with Crippen LogP contribution in [-0.4, -0.2) is 29.7 Å². The molecule has 18 heavy (non-hydrogen) atoms. The lowest BCUT2D eigenvalue weighted by Crippen LogP contribution is -2.43. The number of hydrogen-bond acceptors (Lipinski definition) is 2. The molecule has 5 heteroatoms. The molecular weight excluding hydrogens is 232 g/mol. The number of nitrogens with one attached hydrogen (secondary N) is 2. The van der Waals surface area contributed by atoms with Crippen LogP contribution in [0.1, 0.15) is 47.0 Å². The van der Waals surface area contributed by atoms with Crippen LogP contribution in [-0.2, 0) is 4.79 Å². The average molecular weight is 258 g/mol. The first-order valence-corrected chi connectivity index (χ1v) is 6.63. The Hall–Kier alpha value is -1.26. The van der Waals surface area contributed by atoms with Crippen LogP contribution in [0, 0.1) is 11.8 Å². The van der Waals surface area contributed by atoms with Gasteiger partial charge in [0, 0.05) is 12.6 Å². The molecule has 0 saturated carbocycles. The molecule has 0 heterocycles. The summed E-state index contributed by atoms with van der Waals surface area (Å²) in [4.78, 5) is 22.5. The van der Waals surface area contributed by atoms with E-state index in [0.29, 0.717) is 12.3 Å². The average Bonchev–Trinajstić information content (AvgIpc) is 2.23. The van der Waals surface area contributed by atoms with Crippen LogP contribution in [0.5, 0.6) is 0 Å². The van der Waals surface area contributed by atoms with Gasteiger partial charge in [0.15, 0.2) is 0 Å². The minimum atomic E-state index is -0.856. The minimum absolute atomic E-state index is 0.114. The highest BCUT2D eigenvalue weighted by atomic mass is 16.4. The van der Waals surface area contributed by atoms with Crippen molar-refractivity contribution in [1.29, 1.82) is 0 Å². The van der Waals surface area contributed by atoms with Crippen molar-refractivity contribution in [2.45, 2.75) is 53.0 Å². The molecule has 0 fully saturated rings. The zero-order valence-electron chi connectivity index (χ0n) is 11.8. The number of carboxylic acid groups (broad SMARTS) is 1. The molecule has 3 N–H and O–H groups in total. The fraction of sp³-hybridized carbons (Fsp3) is 0.846. The van der Waals surface area contributed by atoms with E-state index in [9.17, 15) is 9.59 Å². The van der Waals surface area contributed by atoms with Crippen LogP contribution in [0.3, 0.4) is 0 Å². The molecular formula is C13H26N2O3. The largest absolute Gasteiger partial charge is 0.481 e. The summed E-state index contributed by atoms with van der Waals surface area (Å²) < 4.78 is 0. The maximum atomic E-state index is 11.5. The van der Waals surface area contributed by atoms with Crippen molar-refractivity contribution >= 4 is 12.0 Å². The molecule has 2 unspecified atom stereocenters. The van der Waals surface area contributed by atoms with Crippen molar-refractivity contribution in [1.82, 2.24) is 10.6 Å². The molecule has 0 aliphatic carbocycles. The van der Waals surface area contributed by atoms with E-state index in [1.54, 1.807) is 0 Å². The van der Waals surface area contributed by atoms with Crippen molar-refractivity contribution < 1.29 is 14.7 Å². The van der Waals surface area contributed by atoms with Crippen LogP contribution in [0.4, 0.5) is 4.79 Å². The van der Waals surface area contributed by atoms with Crippen LogP contribution in [0.15, 0.2) is 0 Å². The number of urea groups is 1. The first kappa shape index (κ1) is 16.7. The minimum Gasteiger partial charge on any atom is -0.481 e. The predicted molar refractivity (Wildman–Crippen MR) is 71.5 cm³/mol. The number of carboxylic acids is 1. The highest BCUT2D eigenvalue weighted by Gasteiger charge is 2.19. The molecule has 2 atom stereocenters. The van der Waals surface area contributed by atoms with Gasteiger partial charge in [0.25, 0.3) is 0 Å². The number of hydrogen-bond donors (Lipinski definition) is 3. The summed E-state index contributed by atoms with van der Waals surface area (Å²) in [5.41, 5.74) is 0. The molecule has 0 aromatic carbocycles. The molecule has 0 rings (SSSR count). The Bertz CT molecular complexity index is 267. The van der Waals surface area contributed by atoms with E-state index >= 15 is 0 Å². The summed E-state index contributed by atoms with van der Waals surface area (Å²) in [6, 6.07) is -0.172. The van der Waals surface area contributed by atoms with Crippen molar-refractivity contribution in [2.24, 2.45) is 11.8 Å². The number of carbonyl (C=O) groups is 2. The van der Waals surface area contributed by atoms with Gasteiger partial charge in [0.2, 0.25) is 0 Å². The van der Waals surface area contributed by atoms with Gasteiger partial charge in [-0.3, -0.25) is 4.79 Å². The molecule has 2 amide bonds. The normalized spacial score (nSPS) is 14.1. The number of carbonyl (C=O) groups excluding carboxylic acids is 1. The van der Waals surface area contributed by atoms with Crippen molar-refractivity contribution in [3.63, 3.8) is 0 Å². The Morgan fingerprint density at radius 3 is 2.28 bits per heavy atom. The van der Waals surface area contributed by atoms with Gasteiger partial charge in [-0.05, 0) is 25.7 Å². The van der Waals surface area contributed by atoms with E-state index in [4.69, 9.17) is 5.11 Å². The molecule has 0 aromatic heterocycles. The quantitative estimate of drug-likeness (QED) is 0.624. The molecule has 5 nitrogen and oxygen atoms in total. The van der Waals surface area contributed by atoms with Crippen molar-refractivity contribution in [3.05, 3.63) is 0 Å². The summed E-state index contributed by atoms with van der Waals surface area (Å²) in [5, 5.41) is 14.4. The second kappa shape index (κ2) is 8.78. The fourth-order valence-corrected chi connectivity index (χ4v) is 1.84. The van der Waals surface area contributed by atoms with Gasteiger partial charge in [-0.1, -0.05) is 27.2 Å². The summed E-state index contributed by atoms with van der Waals surface area (Å²) in [7, 11) is 0. The molecule has 106 valence electrons. The molecule has 0 aliphatic rings. The maximum Gasteiger partial charge on any atom is 0.315 e. The van der Waals surface area contributed by atoms with Gasteiger partial charge in [0.1, 0.15) is 0 Å². The van der Waals surface area contributed by atoms with Crippen LogP contribution >= 0.6 is 0 Å². The van der Waals surface area contributed by atoms with E-state index in [-0.39, 0.29) is 18.6 Å². The number of amides is 2. The van der Waals surface area contributed by atoms with Crippen LogP contribution < -0.4 is 10.6 Å². The molecule has 0 saturated heterocycles. The zero-order valence-corrected chi connectivity index (χ0v) is 11.8. The van der Waals surface area contributed by atoms with E-state index in [1.807, 2.05) is 20.8 Å². The monoisotopic (exact) mass is 258 g/mol. The first-order chi connectivity index (χ1) is 8.36. The lowest BCUT2D eigenvalue weighted by atomic mass is 9.97. The standard InChI is InChI=1S/C13H26N2O3/c1-5-6-10(4)15-13(18)14-8-11(12(16)17)7-9(2)3/h9-11H,5-8H2,1-4H3,(H,16,17)(H2,14,15,18). The Morgan fingerprint density at radius 2 is 1.83 bits per heavy atom. The third-order valence-electron chi connectivity index (χ3n) is 2.71. The second-order valence-electron chi connectivity index (χ2n) is 5.21. The Balaban J connectivity index is 4.03. The maximum absolute atomic E-state index is 11.5. The Morgan fingerprint density at radius 1 is 1.22 bits per heavy atom. The number of rotatable bonds is 8. The van der Waals surface area contributed by atoms with Crippen LogP contribution in [0.25, 0.3) is 0 Å². The van der Waals surface area contributed by atoms with E-state index in [2.05, 4.69) is 17.6 Å². The second-order valence-corrected chi connectivity index (χ2v) is 5.21. The molecule has 0 radical (unpaired) electrons. The predicted octanol–water partition coefficient (Wildman–Crippen LogP) is 2.22. The highest BCUT2D eigenvalue weighted by molar-refractivity contribution is 5.76. The smallest absolute Gasteiger partial charge is 0.315 e. The van der Waals surface area contributed by atoms with Gasteiger partial charge in [-0.2, -0.15) is 0 Å². The van der Waals surface area contributed by atoms with Crippen LogP contribution in [0.2, 0.25) is 0 Å². The van der Waals surface area contributed by atoms with Gasteiger partial charge in [-0.15, -0.1) is 0 Å². The lowest BCUT2D eigenvalue weighted by molar-refractivity contribution is -0.142. The van der Waals surface area contributed by atoms with Gasteiger partial charge >= 0.3 is 12.0 Å². The molecule has 0 bridgehead atoms. The zero-order chi connectivity index (χ0) is 14.1. The highest BCUT2D eigenvalue weighted by Crippen LogP contribution is 2.10. The molecule has 0 aliphatic heterocycles. The van der Waals surface area contributed by atoms with Gasteiger partial charge in [0.05, 0.1) is 5.92 Å². The third-order valence-corrected chi connectivity index (χ3v) is 2.71. The fourth-order valence-electron chi connectivity index (χ4n) is 1.84. The van der Waals surface area contributed by atoms with Crippen molar-refractivity contribution in [2.75, 3.05) is 6.54 Å². The van der Waals surface area contributed by atoms with Gasteiger partial charge < -0.3 is 15.7 Å². The summed E-state index contributed by atoms with van der Waals surface area (Å²) in [6.07, 6.45) is 2.49. The summed E-state index contributed by atoms with van der Waals surface area (Å²) in [5.74, 6) is -1.07. The van der Waals surface area contributed by atoms with Crippen molar-refractivity contribution in [3.8, 4) is 0 Å². The third kappa shape index (κ3) is 7.92.